The van der Waals surface area contributed by atoms with E-state index in [4.69, 9.17) is 14.2 Å². The molecule has 1 fully saturated rings. The molecule has 0 aromatic heterocycles. The van der Waals surface area contributed by atoms with Crippen molar-refractivity contribution >= 4 is 18.0 Å². The lowest BCUT2D eigenvalue weighted by Crippen LogP contribution is -2.20. The van der Waals surface area contributed by atoms with Gasteiger partial charge in [-0.05, 0) is 73.7 Å². The van der Waals surface area contributed by atoms with Crippen molar-refractivity contribution in [3.8, 4) is 11.5 Å². The van der Waals surface area contributed by atoms with Crippen molar-refractivity contribution in [3.05, 3.63) is 65.7 Å². The van der Waals surface area contributed by atoms with Crippen molar-refractivity contribution in [2.75, 3.05) is 7.11 Å². The van der Waals surface area contributed by atoms with Crippen LogP contribution >= 0.6 is 0 Å². The fourth-order valence-corrected chi connectivity index (χ4v) is 3.09. The largest absolute Gasteiger partial charge is 0.497 e. The van der Waals surface area contributed by atoms with Gasteiger partial charge in [0.05, 0.1) is 12.7 Å². The highest BCUT2D eigenvalue weighted by molar-refractivity contribution is 5.90. The second-order valence-corrected chi connectivity index (χ2v) is 6.72. The third kappa shape index (κ3) is 5.71. The predicted molar refractivity (Wildman–Crippen MR) is 106 cm³/mol. The summed E-state index contributed by atoms with van der Waals surface area (Å²) in [7, 11) is 1.60. The molecular formula is C23H24O5. The van der Waals surface area contributed by atoms with Gasteiger partial charge in [0.15, 0.2) is 0 Å². The van der Waals surface area contributed by atoms with Gasteiger partial charge in [-0.3, -0.25) is 0 Å². The Morgan fingerprint density at radius 2 is 1.54 bits per heavy atom. The molecule has 3 rings (SSSR count). The van der Waals surface area contributed by atoms with Crippen molar-refractivity contribution in [1.82, 2.24) is 0 Å². The lowest BCUT2D eigenvalue weighted by atomic mass is 9.98. The highest BCUT2D eigenvalue weighted by atomic mass is 16.5. The zero-order valence-corrected chi connectivity index (χ0v) is 15.9. The van der Waals surface area contributed by atoms with E-state index in [1.807, 2.05) is 24.3 Å². The lowest BCUT2D eigenvalue weighted by Gasteiger charge is -2.21. The Bertz CT molecular complexity index is 815. The Hall–Kier alpha value is -3.08. The van der Waals surface area contributed by atoms with Gasteiger partial charge >= 0.3 is 11.9 Å². The minimum Gasteiger partial charge on any atom is -0.497 e. The maximum absolute atomic E-state index is 12.2. The van der Waals surface area contributed by atoms with Crippen LogP contribution in [-0.2, 0) is 9.53 Å². The molecule has 0 unspecified atom stereocenters. The molecular weight excluding hydrogens is 356 g/mol. The molecule has 5 heteroatoms. The molecule has 0 aliphatic heterocycles. The smallest absolute Gasteiger partial charge is 0.338 e. The molecule has 0 saturated heterocycles. The average Bonchev–Trinajstić information content (AvgIpc) is 2.74. The predicted octanol–water partition coefficient (Wildman–Crippen LogP) is 4.80. The summed E-state index contributed by atoms with van der Waals surface area (Å²) in [6.07, 6.45) is 8.32. The minimum absolute atomic E-state index is 0.0156. The Morgan fingerprint density at radius 1 is 0.893 bits per heavy atom. The monoisotopic (exact) mass is 380 g/mol. The maximum Gasteiger partial charge on any atom is 0.338 e. The molecule has 5 nitrogen and oxygen atoms in total. The quantitative estimate of drug-likeness (QED) is 0.409. The minimum atomic E-state index is -0.492. The number of ether oxygens (including phenoxy) is 3. The van der Waals surface area contributed by atoms with E-state index in [9.17, 15) is 9.59 Å². The summed E-state index contributed by atoms with van der Waals surface area (Å²) in [5, 5.41) is 0. The third-order valence-electron chi connectivity index (χ3n) is 4.66. The highest BCUT2D eigenvalue weighted by Gasteiger charge is 2.18. The van der Waals surface area contributed by atoms with Crippen molar-refractivity contribution in [2.24, 2.45) is 0 Å². The van der Waals surface area contributed by atoms with Gasteiger partial charge in [-0.25, -0.2) is 9.59 Å². The summed E-state index contributed by atoms with van der Waals surface area (Å²) in [5.74, 6) is 0.304. The van der Waals surface area contributed by atoms with E-state index in [-0.39, 0.29) is 12.1 Å². The van der Waals surface area contributed by atoms with Crippen molar-refractivity contribution < 1.29 is 23.8 Å². The van der Waals surface area contributed by atoms with Crippen LogP contribution in [0.15, 0.2) is 54.6 Å². The van der Waals surface area contributed by atoms with Crippen LogP contribution in [0.25, 0.3) is 6.08 Å². The lowest BCUT2D eigenvalue weighted by molar-refractivity contribution is -0.128. The molecule has 0 radical (unpaired) electrons. The van der Waals surface area contributed by atoms with Crippen LogP contribution in [0.2, 0.25) is 0 Å². The number of benzene rings is 2. The summed E-state index contributed by atoms with van der Waals surface area (Å²) in [5.41, 5.74) is 1.32. The molecule has 0 N–H and O–H groups in total. The molecule has 1 saturated carbocycles. The summed E-state index contributed by atoms with van der Waals surface area (Å²) >= 11 is 0. The van der Waals surface area contributed by atoms with Crippen LogP contribution < -0.4 is 9.47 Å². The zero-order chi connectivity index (χ0) is 19.8. The van der Waals surface area contributed by atoms with Gasteiger partial charge < -0.3 is 14.2 Å². The van der Waals surface area contributed by atoms with Crippen LogP contribution in [0.5, 0.6) is 11.5 Å². The molecule has 2 aromatic carbocycles. The number of methoxy groups -OCH3 is 1. The van der Waals surface area contributed by atoms with Crippen LogP contribution in [0.3, 0.4) is 0 Å². The van der Waals surface area contributed by atoms with E-state index < -0.39 is 5.97 Å². The van der Waals surface area contributed by atoms with E-state index in [1.165, 1.54) is 12.5 Å². The van der Waals surface area contributed by atoms with Gasteiger partial charge in [0.2, 0.25) is 0 Å². The first-order chi connectivity index (χ1) is 13.6. The van der Waals surface area contributed by atoms with Crippen molar-refractivity contribution in [3.63, 3.8) is 0 Å². The van der Waals surface area contributed by atoms with Gasteiger partial charge in [0.1, 0.15) is 17.6 Å². The van der Waals surface area contributed by atoms with Gasteiger partial charge in [-0.15, -0.1) is 0 Å². The van der Waals surface area contributed by atoms with Crippen LogP contribution in [0.1, 0.15) is 48.0 Å². The number of hydrogen-bond acceptors (Lipinski definition) is 5. The van der Waals surface area contributed by atoms with E-state index in [1.54, 1.807) is 37.5 Å². The molecule has 0 heterocycles. The third-order valence-corrected chi connectivity index (χ3v) is 4.66. The topological polar surface area (TPSA) is 61.8 Å². The fourth-order valence-electron chi connectivity index (χ4n) is 3.09. The van der Waals surface area contributed by atoms with Crippen LogP contribution in [0, 0.1) is 0 Å². The number of hydrogen-bond donors (Lipinski definition) is 0. The van der Waals surface area contributed by atoms with E-state index in [0.29, 0.717) is 11.3 Å². The highest BCUT2D eigenvalue weighted by Crippen LogP contribution is 2.22. The Morgan fingerprint density at radius 3 is 2.18 bits per heavy atom. The van der Waals surface area contributed by atoms with E-state index in [2.05, 4.69) is 0 Å². The summed E-state index contributed by atoms with van der Waals surface area (Å²) < 4.78 is 15.9. The molecule has 0 bridgehead atoms. The molecule has 1 aliphatic carbocycles. The van der Waals surface area contributed by atoms with Crippen molar-refractivity contribution in [2.45, 2.75) is 38.2 Å². The first-order valence-electron chi connectivity index (χ1n) is 9.49. The summed E-state index contributed by atoms with van der Waals surface area (Å²) in [6.45, 7) is 0. The first-order valence-corrected chi connectivity index (χ1v) is 9.49. The second-order valence-electron chi connectivity index (χ2n) is 6.72. The summed E-state index contributed by atoms with van der Waals surface area (Å²) in [6, 6.07) is 13.7. The van der Waals surface area contributed by atoms with Gasteiger partial charge in [-0.1, -0.05) is 18.6 Å². The molecule has 0 atom stereocenters. The second kappa shape index (κ2) is 9.74. The number of carbonyl (C=O) groups is 2. The fraction of sp³-hybridized carbons (Fsp3) is 0.304. The SMILES string of the molecule is COc1ccc(/C=C/C(=O)Oc2ccc(C(=O)OC3CCCCC3)cc2)cc1. The van der Waals surface area contributed by atoms with E-state index >= 15 is 0 Å². The Labute approximate surface area is 164 Å². The van der Waals surface area contributed by atoms with E-state index in [0.717, 1.165) is 37.0 Å². The van der Waals surface area contributed by atoms with Gasteiger partial charge in [0.25, 0.3) is 0 Å². The zero-order valence-electron chi connectivity index (χ0n) is 15.9. The molecule has 0 spiro atoms. The van der Waals surface area contributed by atoms with Crippen molar-refractivity contribution in [1.29, 1.82) is 0 Å². The first kappa shape index (κ1) is 19.7. The molecule has 28 heavy (non-hydrogen) atoms. The number of carbonyl (C=O) groups excluding carboxylic acids is 2. The Balaban J connectivity index is 1.51. The number of esters is 2. The van der Waals surface area contributed by atoms with Crippen LogP contribution in [-0.4, -0.2) is 25.2 Å². The maximum atomic E-state index is 12.2. The van der Waals surface area contributed by atoms with Crippen LogP contribution in [0.4, 0.5) is 0 Å². The normalized spacial score (nSPS) is 14.6. The van der Waals surface area contributed by atoms with Gasteiger partial charge in [-0.2, -0.15) is 0 Å². The standard InChI is InChI=1S/C23H24O5/c1-26-19-12-7-17(8-13-19)9-16-22(24)27-21-14-10-18(11-15-21)23(25)28-20-5-3-2-4-6-20/h7-16,20H,2-6H2,1H3/b16-9+. The Kier molecular flexibility index (Phi) is 6.84. The molecule has 1 aliphatic rings. The number of rotatable bonds is 6. The molecule has 0 amide bonds. The summed E-state index contributed by atoms with van der Waals surface area (Å²) in [4.78, 5) is 24.2. The average molecular weight is 380 g/mol. The molecule has 2 aromatic rings. The molecule has 146 valence electrons. The van der Waals surface area contributed by atoms with Gasteiger partial charge in [0, 0.05) is 6.08 Å².